The van der Waals surface area contributed by atoms with Gasteiger partial charge in [0.1, 0.15) is 23.0 Å². The molecule has 1 fully saturated rings. The zero-order chi connectivity index (χ0) is 35.1. The fraction of sp³-hybridized carbons (Fsp3) is 0.350. The maximum Gasteiger partial charge on any atom is 0.128 e. The minimum Gasteiger partial charge on any atom is -0.872 e. The number of ether oxygens (including phenoxy) is 1. The molecule has 6 nitrogen and oxygen atoms in total. The van der Waals surface area contributed by atoms with Gasteiger partial charge in [-0.1, -0.05) is 108 Å². The van der Waals surface area contributed by atoms with Gasteiger partial charge >= 0.3 is 0 Å². The minimum atomic E-state index is -0.236. The molecule has 263 valence electrons. The number of halogens is 2. The molecule has 0 aromatic heterocycles. The van der Waals surface area contributed by atoms with Crippen molar-refractivity contribution in [2.75, 3.05) is 0 Å². The van der Waals surface area contributed by atoms with Crippen LogP contribution in [0.4, 0.5) is 0 Å². The predicted molar refractivity (Wildman–Crippen MR) is 197 cm³/mol. The SMILES string of the molecule is CC(C)(C)c1cc(Cl)cc(C=N[C@@H]2CCCC[C@H]2N=Cc2cc(Cl)cc(C(C)(C)C)c2O)c1O.[Co].[O-]c1ccc(Oc2ccccc2)cc1. The van der Waals surface area contributed by atoms with E-state index in [1.807, 2.05) is 84.0 Å². The minimum absolute atomic E-state index is 0. The average Bonchev–Trinajstić information content (AvgIpc) is 3.03. The van der Waals surface area contributed by atoms with Crippen molar-refractivity contribution in [3.05, 3.63) is 111 Å². The second-order valence-electron chi connectivity index (χ2n) is 14.1. The molecule has 49 heavy (non-hydrogen) atoms. The van der Waals surface area contributed by atoms with Crippen LogP contribution in [0.3, 0.4) is 0 Å². The van der Waals surface area contributed by atoms with E-state index in [2.05, 4.69) is 0 Å². The van der Waals surface area contributed by atoms with Crippen LogP contribution in [0.15, 0.2) is 88.8 Å². The summed E-state index contributed by atoms with van der Waals surface area (Å²) in [6.07, 6.45) is 7.45. The summed E-state index contributed by atoms with van der Waals surface area (Å²) >= 11 is 12.7. The van der Waals surface area contributed by atoms with Gasteiger partial charge in [0, 0.05) is 61.5 Å². The van der Waals surface area contributed by atoms with Crippen molar-refractivity contribution in [1.29, 1.82) is 0 Å². The Balaban J connectivity index is 0.000000361. The van der Waals surface area contributed by atoms with Crippen LogP contribution in [0.2, 0.25) is 10.0 Å². The van der Waals surface area contributed by atoms with Gasteiger partial charge in [-0.3, -0.25) is 9.98 Å². The first-order valence-corrected chi connectivity index (χ1v) is 17.0. The standard InChI is InChI=1S/C28H36Cl2N2O2.C12H10O2.Co/c1-27(2,3)21-13-19(29)11-17(25(21)33)15-31-23-9-7-8-10-24(23)32-16-18-12-20(30)14-22(26(18)34)28(4,5)6;13-10-6-8-12(9-7-10)14-11-4-2-1-3-5-11;/h11-16,23-24,33-34H,7-10H2,1-6H3;1-9,13H;/p-1/t23-,24-;;/m1../s1. The molecule has 1 aliphatic rings. The molecule has 4 aromatic carbocycles. The second-order valence-corrected chi connectivity index (χ2v) is 15.0. The molecule has 0 unspecified atom stereocenters. The van der Waals surface area contributed by atoms with Crippen molar-refractivity contribution >= 4 is 35.6 Å². The fourth-order valence-corrected chi connectivity index (χ4v) is 5.96. The van der Waals surface area contributed by atoms with E-state index in [4.69, 9.17) is 37.9 Å². The van der Waals surface area contributed by atoms with Gasteiger partial charge in [-0.25, -0.2) is 0 Å². The predicted octanol–water partition coefficient (Wildman–Crippen LogP) is 10.4. The Morgan fingerprint density at radius 2 is 1.08 bits per heavy atom. The molecular formula is C40H45Cl2CoN2O4-. The van der Waals surface area contributed by atoms with Crippen LogP contribution >= 0.6 is 23.2 Å². The van der Waals surface area contributed by atoms with Crippen molar-refractivity contribution in [3.63, 3.8) is 0 Å². The maximum atomic E-state index is 10.8. The number of benzene rings is 4. The quantitative estimate of drug-likeness (QED) is 0.192. The van der Waals surface area contributed by atoms with E-state index >= 15 is 0 Å². The molecule has 0 bridgehead atoms. The number of phenols is 2. The zero-order valence-corrected chi connectivity index (χ0v) is 31.4. The van der Waals surface area contributed by atoms with Crippen molar-refractivity contribution < 1.29 is 36.8 Å². The van der Waals surface area contributed by atoms with Crippen LogP contribution in [0.25, 0.3) is 0 Å². The third-order valence-electron chi connectivity index (χ3n) is 8.13. The maximum absolute atomic E-state index is 10.8. The van der Waals surface area contributed by atoms with Crippen LogP contribution in [0.1, 0.15) is 89.5 Å². The summed E-state index contributed by atoms with van der Waals surface area (Å²) in [6.45, 7) is 12.3. The second kappa shape index (κ2) is 17.4. The summed E-state index contributed by atoms with van der Waals surface area (Å²) in [5.74, 6) is 1.87. The monoisotopic (exact) mass is 746 g/mol. The Kier molecular flexibility index (Phi) is 14.2. The van der Waals surface area contributed by atoms with Gasteiger partial charge in [-0.15, -0.1) is 5.75 Å². The molecule has 0 amide bonds. The first-order chi connectivity index (χ1) is 22.6. The number of aliphatic imine (C=N–C) groups is 2. The largest absolute Gasteiger partial charge is 0.872 e. The van der Waals surface area contributed by atoms with Gasteiger partial charge in [0.05, 0.1) is 12.1 Å². The van der Waals surface area contributed by atoms with Crippen LogP contribution < -0.4 is 9.84 Å². The third-order valence-corrected chi connectivity index (χ3v) is 8.57. The summed E-state index contributed by atoms with van der Waals surface area (Å²) < 4.78 is 5.49. The van der Waals surface area contributed by atoms with Gasteiger partial charge in [0.25, 0.3) is 0 Å². The van der Waals surface area contributed by atoms with Crippen molar-refractivity contribution in [2.24, 2.45) is 9.98 Å². The zero-order valence-electron chi connectivity index (χ0n) is 28.8. The van der Waals surface area contributed by atoms with Crippen LogP contribution in [0.5, 0.6) is 28.7 Å². The molecular weight excluding hydrogens is 702 g/mol. The molecule has 2 atom stereocenters. The van der Waals surface area contributed by atoms with Crippen LogP contribution in [-0.2, 0) is 27.6 Å². The molecule has 5 rings (SSSR count). The van der Waals surface area contributed by atoms with Crippen LogP contribution in [0, 0.1) is 0 Å². The Hall–Kier alpha value is -3.49. The summed E-state index contributed by atoms with van der Waals surface area (Å²) in [7, 11) is 0. The Morgan fingerprint density at radius 1 is 0.673 bits per heavy atom. The summed E-state index contributed by atoms with van der Waals surface area (Å²) in [5, 5.41) is 33.6. The van der Waals surface area contributed by atoms with Gasteiger partial charge in [-0.2, -0.15) is 0 Å². The molecule has 0 aliphatic heterocycles. The van der Waals surface area contributed by atoms with E-state index < -0.39 is 0 Å². The summed E-state index contributed by atoms with van der Waals surface area (Å²) in [4.78, 5) is 9.65. The van der Waals surface area contributed by atoms with Gasteiger partial charge in [0.15, 0.2) is 0 Å². The smallest absolute Gasteiger partial charge is 0.128 e. The molecule has 1 radical (unpaired) electrons. The van der Waals surface area contributed by atoms with E-state index in [1.54, 1.807) is 36.7 Å². The molecule has 0 heterocycles. The first kappa shape index (κ1) is 39.9. The molecule has 0 saturated heterocycles. The number of para-hydroxylation sites is 1. The number of aromatic hydroxyl groups is 2. The number of nitrogens with zero attached hydrogens (tertiary/aromatic N) is 2. The number of rotatable bonds is 6. The Labute approximate surface area is 311 Å². The number of phenolic OH excluding ortho intramolecular Hbond substituents is 2. The molecule has 9 heteroatoms. The Bertz CT molecular complexity index is 1640. The van der Waals surface area contributed by atoms with E-state index in [1.165, 1.54) is 12.1 Å². The number of hydrogen-bond donors (Lipinski definition) is 2. The van der Waals surface area contributed by atoms with Gasteiger partial charge < -0.3 is 20.1 Å². The average molecular weight is 748 g/mol. The topological polar surface area (TPSA) is 97.5 Å². The van der Waals surface area contributed by atoms with Crippen molar-refractivity contribution in [1.82, 2.24) is 0 Å². The van der Waals surface area contributed by atoms with Gasteiger partial charge in [-0.05, 0) is 72.2 Å². The van der Waals surface area contributed by atoms with Crippen molar-refractivity contribution in [2.45, 2.75) is 90.1 Å². The summed E-state index contributed by atoms with van der Waals surface area (Å²) in [5.41, 5.74) is 2.36. The molecule has 0 spiro atoms. The molecule has 1 aliphatic carbocycles. The third kappa shape index (κ3) is 11.5. The van der Waals surface area contributed by atoms with E-state index in [0.717, 1.165) is 42.6 Å². The van der Waals surface area contributed by atoms with Gasteiger partial charge in [0.2, 0.25) is 0 Å². The first-order valence-electron chi connectivity index (χ1n) is 16.2. The van der Waals surface area contributed by atoms with E-state index in [-0.39, 0.29) is 56.9 Å². The van der Waals surface area contributed by atoms with Crippen molar-refractivity contribution in [3.8, 4) is 28.7 Å². The molecule has 4 aromatic rings. The van der Waals surface area contributed by atoms with E-state index in [0.29, 0.717) is 26.9 Å². The van der Waals surface area contributed by atoms with E-state index in [9.17, 15) is 15.3 Å². The fourth-order valence-electron chi connectivity index (χ4n) is 5.50. The molecule has 1 saturated carbocycles. The Morgan fingerprint density at radius 3 is 1.49 bits per heavy atom. The summed E-state index contributed by atoms with van der Waals surface area (Å²) in [6, 6.07) is 22.8. The number of hydrogen-bond acceptors (Lipinski definition) is 6. The van der Waals surface area contributed by atoms with Crippen LogP contribution in [-0.4, -0.2) is 34.7 Å². The molecule has 2 N–H and O–H groups in total. The normalized spacial score (nSPS) is 16.6.